The number of aliphatic hydroxyl groups is 2. The fourth-order valence-electron chi connectivity index (χ4n) is 8.20. The molecule has 7 rings (SSSR count). The third kappa shape index (κ3) is 2.76. The standard InChI is InChI=1S/C30H34N2O3/c1-28-10-8-21-15-23-26(33)27(34)24(32(2)3)16-29(23)11-12-30(21,35-29)25(28)7-6-22(28)19-5-4-18-9-13-31-17-20(18)14-19/h4-6,8-9,13-15,17,24-27,33-34H,7,10-12,16H2,1-3H3/t24-,25+,26+,27+,28+,29+,30?/m0/s1. The summed E-state index contributed by atoms with van der Waals surface area (Å²) in [6.07, 6.45) is 13.7. The number of aliphatic hydroxyl groups excluding tert-OH is 2. The Labute approximate surface area is 206 Å². The first-order valence-electron chi connectivity index (χ1n) is 13.0. The first-order chi connectivity index (χ1) is 16.8. The van der Waals surface area contributed by atoms with Gasteiger partial charge in [0, 0.05) is 35.2 Å². The summed E-state index contributed by atoms with van der Waals surface area (Å²) in [6, 6.07) is 8.69. The van der Waals surface area contributed by atoms with Gasteiger partial charge in [-0.3, -0.25) is 4.98 Å². The van der Waals surface area contributed by atoms with Gasteiger partial charge in [0.05, 0.1) is 17.3 Å². The molecule has 2 fully saturated rings. The van der Waals surface area contributed by atoms with Crippen molar-refractivity contribution in [2.75, 3.05) is 14.1 Å². The van der Waals surface area contributed by atoms with Crippen LogP contribution in [-0.4, -0.2) is 63.6 Å². The van der Waals surface area contributed by atoms with E-state index in [2.05, 4.69) is 54.4 Å². The number of fused-ring (bicyclic) bond motifs is 2. The van der Waals surface area contributed by atoms with Crippen molar-refractivity contribution in [2.45, 2.75) is 68.5 Å². The average molecular weight is 471 g/mol. The third-order valence-electron chi connectivity index (χ3n) is 10.0. The molecule has 5 heteroatoms. The number of benzene rings is 1. The molecular weight excluding hydrogens is 436 g/mol. The molecule has 182 valence electrons. The van der Waals surface area contributed by atoms with E-state index >= 15 is 0 Å². The van der Waals surface area contributed by atoms with Crippen LogP contribution in [0, 0.1) is 11.3 Å². The summed E-state index contributed by atoms with van der Waals surface area (Å²) in [6.45, 7) is 2.42. The lowest BCUT2D eigenvalue weighted by Gasteiger charge is -2.55. The highest BCUT2D eigenvalue weighted by molar-refractivity contribution is 5.87. The molecule has 2 N–H and O–H groups in total. The van der Waals surface area contributed by atoms with Crippen molar-refractivity contribution in [2.24, 2.45) is 11.3 Å². The van der Waals surface area contributed by atoms with E-state index in [1.807, 2.05) is 31.4 Å². The molecule has 2 aromatic rings. The SMILES string of the molecule is CN(C)[C@H]1C[C@@]23CCC4(O2)C(=CC[C@]2(C)C(c5ccc6ccncc6c5)=CC[C@@H]42)C=C3[C@@H](O)[C@@H]1O. The Morgan fingerprint density at radius 3 is 2.77 bits per heavy atom. The minimum atomic E-state index is -0.884. The van der Waals surface area contributed by atoms with Crippen LogP contribution in [0.25, 0.3) is 16.3 Å². The Morgan fingerprint density at radius 2 is 1.94 bits per heavy atom. The summed E-state index contributed by atoms with van der Waals surface area (Å²) in [4.78, 5) is 6.37. The van der Waals surface area contributed by atoms with Crippen molar-refractivity contribution in [3.05, 3.63) is 71.6 Å². The first-order valence-corrected chi connectivity index (χ1v) is 13.0. The molecule has 1 saturated carbocycles. The number of hydrogen-bond donors (Lipinski definition) is 2. The highest BCUT2D eigenvalue weighted by atomic mass is 16.5. The molecule has 5 nitrogen and oxygen atoms in total. The maximum Gasteiger partial charge on any atom is 0.105 e. The molecule has 7 atom stereocenters. The Kier molecular flexibility index (Phi) is 4.47. The van der Waals surface area contributed by atoms with E-state index in [9.17, 15) is 10.2 Å². The van der Waals surface area contributed by atoms with E-state index < -0.39 is 17.8 Å². The minimum Gasteiger partial charge on any atom is -0.388 e. The maximum atomic E-state index is 11.1. The second kappa shape index (κ2) is 7.13. The molecule has 2 aliphatic heterocycles. The fourth-order valence-corrected chi connectivity index (χ4v) is 8.20. The lowest BCUT2D eigenvalue weighted by molar-refractivity contribution is -0.161. The number of likely N-dealkylation sites (N-methyl/N-ethyl adjacent to an activating group) is 1. The molecule has 1 aromatic carbocycles. The van der Waals surface area contributed by atoms with Crippen LogP contribution < -0.4 is 0 Å². The average Bonchev–Trinajstić information content (AvgIpc) is 3.37. The van der Waals surface area contributed by atoms with E-state index in [4.69, 9.17) is 4.74 Å². The second-order valence-corrected chi connectivity index (χ2v) is 11.9. The number of nitrogens with zero attached hydrogens (tertiary/aromatic N) is 2. The third-order valence-corrected chi connectivity index (χ3v) is 10.0. The van der Waals surface area contributed by atoms with Crippen LogP contribution in [-0.2, 0) is 4.74 Å². The van der Waals surface area contributed by atoms with Crippen molar-refractivity contribution in [3.63, 3.8) is 0 Å². The minimum absolute atomic E-state index is 0.00992. The molecule has 3 aliphatic carbocycles. The smallest absolute Gasteiger partial charge is 0.105 e. The summed E-state index contributed by atoms with van der Waals surface area (Å²) in [5.74, 6) is 0.355. The van der Waals surface area contributed by atoms with Crippen LogP contribution in [0.2, 0.25) is 0 Å². The number of hydrogen-bond acceptors (Lipinski definition) is 5. The van der Waals surface area contributed by atoms with Gasteiger partial charge in [0.15, 0.2) is 0 Å². The van der Waals surface area contributed by atoms with Gasteiger partial charge in [-0.05, 0) is 86.0 Å². The molecule has 1 saturated heterocycles. The van der Waals surface area contributed by atoms with E-state index in [0.29, 0.717) is 5.92 Å². The van der Waals surface area contributed by atoms with Crippen LogP contribution in [0.5, 0.6) is 0 Å². The van der Waals surface area contributed by atoms with E-state index in [1.165, 1.54) is 27.5 Å². The van der Waals surface area contributed by atoms with Gasteiger partial charge in [0.2, 0.25) is 0 Å². The Balaban J connectivity index is 1.30. The van der Waals surface area contributed by atoms with Gasteiger partial charge in [-0.25, -0.2) is 0 Å². The molecule has 2 bridgehead atoms. The van der Waals surface area contributed by atoms with Gasteiger partial charge in [0.25, 0.3) is 0 Å². The van der Waals surface area contributed by atoms with Gasteiger partial charge < -0.3 is 19.8 Å². The Bertz CT molecular complexity index is 1330. The van der Waals surface area contributed by atoms with Crippen molar-refractivity contribution in [1.29, 1.82) is 0 Å². The zero-order chi connectivity index (χ0) is 24.2. The van der Waals surface area contributed by atoms with Crippen molar-refractivity contribution < 1.29 is 14.9 Å². The molecule has 1 aromatic heterocycles. The van der Waals surface area contributed by atoms with Crippen LogP contribution in [0.15, 0.2) is 66.0 Å². The second-order valence-electron chi connectivity index (χ2n) is 11.9. The molecule has 3 heterocycles. The summed E-state index contributed by atoms with van der Waals surface area (Å²) in [5, 5.41) is 24.4. The van der Waals surface area contributed by atoms with Gasteiger partial charge in [0.1, 0.15) is 6.10 Å². The summed E-state index contributed by atoms with van der Waals surface area (Å²) < 4.78 is 7.24. The van der Waals surface area contributed by atoms with E-state index in [-0.39, 0.29) is 17.1 Å². The number of ether oxygens (including phenoxy) is 1. The van der Waals surface area contributed by atoms with Crippen LogP contribution >= 0.6 is 0 Å². The topological polar surface area (TPSA) is 65.8 Å². The largest absolute Gasteiger partial charge is 0.388 e. The number of rotatable bonds is 2. The van der Waals surface area contributed by atoms with Gasteiger partial charge in [-0.15, -0.1) is 0 Å². The molecule has 35 heavy (non-hydrogen) atoms. The Morgan fingerprint density at radius 1 is 1.09 bits per heavy atom. The molecule has 2 spiro atoms. The van der Waals surface area contributed by atoms with Crippen molar-refractivity contribution in [1.82, 2.24) is 9.88 Å². The number of aromatic nitrogens is 1. The van der Waals surface area contributed by atoms with E-state index in [1.54, 1.807) is 0 Å². The monoisotopic (exact) mass is 470 g/mol. The number of allylic oxidation sites excluding steroid dienone is 3. The summed E-state index contributed by atoms with van der Waals surface area (Å²) >= 11 is 0. The maximum absolute atomic E-state index is 11.1. The fraction of sp³-hybridized carbons (Fsp3) is 0.500. The molecular formula is C30H34N2O3. The van der Waals surface area contributed by atoms with Gasteiger partial charge in [-0.1, -0.05) is 37.3 Å². The van der Waals surface area contributed by atoms with Crippen molar-refractivity contribution in [3.8, 4) is 0 Å². The molecule has 0 amide bonds. The summed E-state index contributed by atoms with van der Waals surface area (Å²) in [5.41, 5.74) is 3.99. The lowest BCUT2D eigenvalue weighted by atomic mass is 9.58. The molecule has 5 aliphatic rings. The van der Waals surface area contributed by atoms with Crippen LogP contribution in [0.4, 0.5) is 0 Å². The highest BCUT2D eigenvalue weighted by Crippen LogP contribution is 2.67. The molecule has 1 unspecified atom stereocenters. The van der Waals surface area contributed by atoms with Crippen LogP contribution in [0.3, 0.4) is 0 Å². The Hall–Kier alpha value is -2.31. The summed E-state index contributed by atoms with van der Waals surface area (Å²) in [7, 11) is 3.96. The normalized spacial score (nSPS) is 41.7. The quantitative estimate of drug-likeness (QED) is 0.687. The lowest BCUT2D eigenvalue weighted by Crippen LogP contribution is -2.61. The first kappa shape index (κ1) is 21.9. The van der Waals surface area contributed by atoms with E-state index in [0.717, 1.165) is 37.7 Å². The highest BCUT2D eigenvalue weighted by Gasteiger charge is 2.67. The van der Waals surface area contributed by atoms with Gasteiger partial charge >= 0.3 is 0 Å². The van der Waals surface area contributed by atoms with Crippen LogP contribution in [0.1, 0.15) is 44.6 Å². The predicted octanol–water partition coefficient (Wildman–Crippen LogP) is 4.26. The zero-order valence-corrected chi connectivity index (χ0v) is 20.7. The zero-order valence-electron chi connectivity index (χ0n) is 20.7. The van der Waals surface area contributed by atoms with Gasteiger partial charge in [-0.2, -0.15) is 0 Å². The molecule has 0 radical (unpaired) electrons. The number of pyridine rings is 1. The van der Waals surface area contributed by atoms with Crippen molar-refractivity contribution >= 4 is 16.3 Å². The predicted molar refractivity (Wildman–Crippen MR) is 137 cm³/mol.